The number of nitrogens with zero attached hydrogens (tertiary/aromatic N) is 2. The summed E-state index contributed by atoms with van der Waals surface area (Å²) in [4.78, 5) is 30.5. The molecular weight excluding hydrogens is 397 g/mol. The summed E-state index contributed by atoms with van der Waals surface area (Å²) in [6.45, 7) is 9.43. The highest BCUT2D eigenvalue weighted by Gasteiger charge is 2.30. The molecule has 0 radical (unpaired) electrons. The van der Waals surface area contributed by atoms with Crippen LogP contribution in [0, 0.1) is 3.57 Å². The number of ether oxygens (including phenoxy) is 1. The Morgan fingerprint density at radius 3 is 2.59 bits per heavy atom. The largest absolute Gasteiger partial charge is 0.444 e. The lowest BCUT2D eigenvalue weighted by atomic mass is 10.2. The highest BCUT2D eigenvalue weighted by Crippen LogP contribution is 2.20. The summed E-state index contributed by atoms with van der Waals surface area (Å²) in [6, 6.07) is 3.61. The van der Waals surface area contributed by atoms with Gasteiger partial charge in [0.25, 0.3) is 5.56 Å². The highest BCUT2D eigenvalue weighted by atomic mass is 127. The fraction of sp³-hybridized carbons (Fsp3) is 0.600. The summed E-state index contributed by atoms with van der Waals surface area (Å²) in [5.41, 5.74) is -0.596. The van der Waals surface area contributed by atoms with E-state index in [0.717, 1.165) is 9.39 Å². The van der Waals surface area contributed by atoms with Crippen molar-refractivity contribution in [2.24, 2.45) is 0 Å². The van der Waals surface area contributed by atoms with Crippen molar-refractivity contribution in [2.45, 2.75) is 39.3 Å². The summed E-state index contributed by atoms with van der Waals surface area (Å²) in [5.74, 6) is 0.799. The average Bonchev–Trinajstić information content (AvgIpc) is 2.35. The summed E-state index contributed by atoms with van der Waals surface area (Å²) >= 11 is 2.13. The van der Waals surface area contributed by atoms with Crippen LogP contribution in [0.15, 0.2) is 16.9 Å². The van der Waals surface area contributed by atoms with E-state index in [9.17, 15) is 9.59 Å². The van der Waals surface area contributed by atoms with Crippen LogP contribution in [0.2, 0.25) is 0 Å². The van der Waals surface area contributed by atoms with Crippen molar-refractivity contribution in [1.29, 1.82) is 0 Å². The molecule has 0 spiro atoms. The number of pyridine rings is 1. The predicted octanol–water partition coefficient (Wildman–Crippen LogP) is 2.43. The normalized spacial score (nSPS) is 19.2. The lowest BCUT2D eigenvalue weighted by molar-refractivity contribution is 0.0218. The molecule has 2 heterocycles. The van der Waals surface area contributed by atoms with Gasteiger partial charge in [-0.3, -0.25) is 4.79 Å². The molecule has 7 heteroatoms. The molecule has 0 saturated carbocycles. The number of rotatable bonds is 1. The Hall–Kier alpha value is -1.25. The smallest absolute Gasteiger partial charge is 0.410 e. The van der Waals surface area contributed by atoms with Gasteiger partial charge in [0.1, 0.15) is 11.4 Å². The van der Waals surface area contributed by atoms with E-state index in [1.807, 2.05) is 33.8 Å². The van der Waals surface area contributed by atoms with Crippen LogP contribution < -0.4 is 10.5 Å². The number of piperazine rings is 1. The van der Waals surface area contributed by atoms with Crippen molar-refractivity contribution in [3.05, 3.63) is 26.1 Å². The van der Waals surface area contributed by atoms with Crippen LogP contribution in [0.1, 0.15) is 27.7 Å². The lowest BCUT2D eigenvalue weighted by Gasteiger charge is -2.41. The second-order valence-corrected chi connectivity index (χ2v) is 7.76. The minimum Gasteiger partial charge on any atom is -0.444 e. The number of carbonyl (C=O) groups excluding carboxylic acids is 1. The van der Waals surface area contributed by atoms with Gasteiger partial charge in [-0.05, 0) is 56.4 Å². The van der Waals surface area contributed by atoms with Gasteiger partial charge in [0.15, 0.2) is 0 Å². The van der Waals surface area contributed by atoms with E-state index in [2.05, 4.69) is 32.5 Å². The molecule has 122 valence electrons. The van der Waals surface area contributed by atoms with Gasteiger partial charge in [0.2, 0.25) is 0 Å². The Morgan fingerprint density at radius 1 is 1.36 bits per heavy atom. The number of halogens is 1. The molecule has 0 aromatic carbocycles. The molecule has 1 saturated heterocycles. The third kappa shape index (κ3) is 4.37. The molecule has 1 aliphatic heterocycles. The molecule has 6 nitrogen and oxygen atoms in total. The first-order chi connectivity index (χ1) is 10.2. The summed E-state index contributed by atoms with van der Waals surface area (Å²) in [6.07, 6.45) is -0.282. The van der Waals surface area contributed by atoms with Gasteiger partial charge in [0.05, 0.1) is 0 Å². The highest BCUT2D eigenvalue weighted by molar-refractivity contribution is 14.1. The van der Waals surface area contributed by atoms with E-state index in [1.54, 1.807) is 11.0 Å². The van der Waals surface area contributed by atoms with Crippen molar-refractivity contribution in [2.75, 3.05) is 24.5 Å². The van der Waals surface area contributed by atoms with Crippen LogP contribution in [0.25, 0.3) is 0 Å². The number of amides is 1. The Kier molecular flexibility index (Phi) is 5.03. The maximum absolute atomic E-state index is 12.1. The van der Waals surface area contributed by atoms with Gasteiger partial charge in [-0.1, -0.05) is 0 Å². The molecule has 1 aliphatic rings. The second-order valence-electron chi connectivity index (χ2n) is 6.52. The molecule has 1 aromatic heterocycles. The van der Waals surface area contributed by atoms with Gasteiger partial charge in [0, 0.05) is 35.3 Å². The van der Waals surface area contributed by atoms with Crippen LogP contribution in [0.4, 0.5) is 10.6 Å². The summed E-state index contributed by atoms with van der Waals surface area (Å²) < 4.78 is 6.32. The van der Waals surface area contributed by atoms with Crippen LogP contribution >= 0.6 is 22.6 Å². The van der Waals surface area contributed by atoms with E-state index in [-0.39, 0.29) is 17.7 Å². The van der Waals surface area contributed by atoms with Crippen molar-refractivity contribution in [3.63, 3.8) is 0 Å². The molecule has 0 bridgehead atoms. The molecule has 1 atom stereocenters. The molecule has 1 fully saturated rings. The summed E-state index contributed by atoms with van der Waals surface area (Å²) in [5, 5.41) is 0. The fourth-order valence-corrected chi connectivity index (χ4v) is 3.04. The van der Waals surface area contributed by atoms with Crippen LogP contribution in [0.5, 0.6) is 0 Å². The number of nitrogens with one attached hydrogen (secondary N) is 1. The molecule has 22 heavy (non-hydrogen) atoms. The van der Waals surface area contributed by atoms with E-state index < -0.39 is 5.60 Å². The molecule has 1 amide bonds. The van der Waals surface area contributed by atoms with Gasteiger partial charge in [-0.25, -0.2) is 4.79 Å². The number of carbonyl (C=O) groups is 1. The van der Waals surface area contributed by atoms with E-state index >= 15 is 0 Å². The van der Waals surface area contributed by atoms with Gasteiger partial charge < -0.3 is 19.5 Å². The average molecular weight is 419 g/mol. The molecule has 0 aliphatic carbocycles. The van der Waals surface area contributed by atoms with Gasteiger partial charge in [-0.15, -0.1) is 0 Å². The predicted molar refractivity (Wildman–Crippen MR) is 94.4 cm³/mol. The first-order valence-corrected chi connectivity index (χ1v) is 8.38. The number of H-pyrrole nitrogens is 1. The number of hydrogen-bond donors (Lipinski definition) is 1. The Balaban J connectivity index is 2.07. The number of aromatic amines is 1. The van der Waals surface area contributed by atoms with Gasteiger partial charge in [-0.2, -0.15) is 0 Å². The van der Waals surface area contributed by atoms with Crippen LogP contribution in [0.3, 0.4) is 0 Å². The lowest BCUT2D eigenvalue weighted by Crippen LogP contribution is -2.55. The van der Waals surface area contributed by atoms with E-state index in [1.165, 1.54) is 0 Å². The molecule has 2 rings (SSSR count). The monoisotopic (exact) mass is 419 g/mol. The molecule has 0 unspecified atom stereocenters. The first-order valence-electron chi connectivity index (χ1n) is 7.30. The zero-order chi connectivity index (χ0) is 16.5. The second kappa shape index (κ2) is 6.47. The van der Waals surface area contributed by atoms with E-state index in [0.29, 0.717) is 19.6 Å². The number of aromatic nitrogens is 1. The third-order valence-corrected chi connectivity index (χ3v) is 4.01. The zero-order valence-corrected chi connectivity index (χ0v) is 15.5. The van der Waals surface area contributed by atoms with Crippen molar-refractivity contribution < 1.29 is 9.53 Å². The summed E-state index contributed by atoms with van der Waals surface area (Å²) in [7, 11) is 0. The standard InChI is InChI=1S/C15H22IN3O3/c1-10-9-18(14(21)22-15(2,3)4)5-6-19(10)12-7-11(16)8-13(20)17-12/h7-8,10H,5-6,9H2,1-4H3,(H,17,20)/t10-/m0/s1. The van der Waals surface area contributed by atoms with Crippen LogP contribution in [-0.2, 0) is 4.74 Å². The molecule has 1 N–H and O–H groups in total. The number of hydrogen-bond acceptors (Lipinski definition) is 4. The van der Waals surface area contributed by atoms with Crippen molar-refractivity contribution in [3.8, 4) is 0 Å². The zero-order valence-electron chi connectivity index (χ0n) is 13.4. The third-order valence-electron chi connectivity index (χ3n) is 3.38. The van der Waals surface area contributed by atoms with Crippen molar-refractivity contribution >= 4 is 34.5 Å². The Morgan fingerprint density at radius 2 is 2.05 bits per heavy atom. The minimum atomic E-state index is -0.488. The quantitative estimate of drug-likeness (QED) is 0.711. The SMILES string of the molecule is C[C@H]1CN(C(=O)OC(C)(C)C)CCN1c1cc(I)cc(=O)[nH]1. The Labute approximate surface area is 144 Å². The fourth-order valence-electron chi connectivity index (χ4n) is 2.46. The molecule has 1 aromatic rings. The van der Waals surface area contributed by atoms with Crippen molar-refractivity contribution in [1.82, 2.24) is 9.88 Å². The topological polar surface area (TPSA) is 65.6 Å². The van der Waals surface area contributed by atoms with E-state index in [4.69, 9.17) is 4.74 Å². The molecular formula is C15H22IN3O3. The Bertz CT molecular complexity index is 609. The first kappa shape index (κ1) is 17.1. The van der Waals surface area contributed by atoms with Gasteiger partial charge >= 0.3 is 6.09 Å². The van der Waals surface area contributed by atoms with Crippen LogP contribution in [-0.4, -0.2) is 47.3 Å². The maximum atomic E-state index is 12.1. The number of anilines is 1. The maximum Gasteiger partial charge on any atom is 0.410 e. The minimum absolute atomic E-state index is 0.107.